The van der Waals surface area contributed by atoms with E-state index in [4.69, 9.17) is 0 Å². The maximum atomic E-state index is 3.69. The average molecular weight is 314 g/mol. The second-order valence-electron chi connectivity index (χ2n) is 3.23. The van der Waals surface area contributed by atoms with Gasteiger partial charge in [0.1, 0.15) is 0 Å². The molecule has 14 heavy (non-hydrogen) atoms. The van der Waals surface area contributed by atoms with Crippen LogP contribution in [0.25, 0.3) is 5.57 Å². The smallest absolute Gasteiger partial charge is 0.0436 e. The normalized spacial score (nSPS) is 20.7. The van der Waals surface area contributed by atoms with Crippen LogP contribution >= 0.6 is 31.9 Å². The second-order valence-corrected chi connectivity index (χ2v) is 5.19. The minimum absolute atomic E-state index is 0.436. The molecular weight excluding hydrogens is 304 g/mol. The van der Waals surface area contributed by atoms with Gasteiger partial charge in [-0.1, -0.05) is 68.3 Å². The van der Waals surface area contributed by atoms with Gasteiger partial charge in [0.15, 0.2) is 0 Å². The minimum Gasteiger partial charge on any atom is -0.0835 e. The van der Waals surface area contributed by atoms with Gasteiger partial charge < -0.3 is 0 Å². The van der Waals surface area contributed by atoms with Gasteiger partial charge in [-0.05, 0) is 23.6 Å². The summed E-state index contributed by atoms with van der Waals surface area (Å²) in [5, 5.41) is 0. The molecule has 2 rings (SSSR count). The molecule has 1 aromatic rings. The molecule has 0 nitrogen and oxygen atoms in total. The Balaban J connectivity index is 2.44. The highest BCUT2D eigenvalue weighted by Gasteiger charge is 2.14. The molecule has 0 radical (unpaired) electrons. The standard InChI is InChI=1S/C12H10Br2/c13-11-7-3-1-5-9(11)10-6-2-4-8-12(10)14/h1-7,12H,8H2. The Morgan fingerprint density at radius 1 is 1.21 bits per heavy atom. The van der Waals surface area contributed by atoms with Gasteiger partial charge in [0, 0.05) is 9.30 Å². The van der Waals surface area contributed by atoms with Crippen molar-refractivity contribution >= 4 is 37.4 Å². The van der Waals surface area contributed by atoms with E-state index in [1.54, 1.807) is 0 Å². The zero-order valence-electron chi connectivity index (χ0n) is 7.58. The molecule has 2 heteroatoms. The third-order valence-corrected chi connectivity index (χ3v) is 3.84. The second kappa shape index (κ2) is 4.45. The fourth-order valence-electron chi connectivity index (χ4n) is 1.55. The molecule has 0 saturated carbocycles. The van der Waals surface area contributed by atoms with Crippen LogP contribution in [0.2, 0.25) is 0 Å². The van der Waals surface area contributed by atoms with Crippen LogP contribution in [0.5, 0.6) is 0 Å². The number of hydrogen-bond donors (Lipinski definition) is 0. The van der Waals surface area contributed by atoms with Gasteiger partial charge in [-0.25, -0.2) is 0 Å². The van der Waals surface area contributed by atoms with E-state index >= 15 is 0 Å². The summed E-state index contributed by atoms with van der Waals surface area (Å²) < 4.78 is 1.16. The van der Waals surface area contributed by atoms with E-state index in [2.05, 4.69) is 68.3 Å². The third kappa shape index (κ3) is 2.01. The largest absolute Gasteiger partial charge is 0.0835 e. The summed E-state index contributed by atoms with van der Waals surface area (Å²) >= 11 is 7.26. The zero-order chi connectivity index (χ0) is 9.97. The van der Waals surface area contributed by atoms with Crippen LogP contribution < -0.4 is 0 Å². The van der Waals surface area contributed by atoms with Gasteiger partial charge in [-0.2, -0.15) is 0 Å². The highest BCUT2D eigenvalue weighted by Crippen LogP contribution is 2.33. The Labute approximate surface area is 101 Å². The molecule has 0 heterocycles. The first-order chi connectivity index (χ1) is 6.79. The highest BCUT2D eigenvalue weighted by atomic mass is 79.9. The summed E-state index contributed by atoms with van der Waals surface area (Å²) in [5.74, 6) is 0. The van der Waals surface area contributed by atoms with Gasteiger partial charge >= 0.3 is 0 Å². The van der Waals surface area contributed by atoms with Crippen LogP contribution in [0.3, 0.4) is 0 Å². The van der Waals surface area contributed by atoms with E-state index in [1.807, 2.05) is 6.07 Å². The molecule has 0 N–H and O–H groups in total. The van der Waals surface area contributed by atoms with Gasteiger partial charge in [0.2, 0.25) is 0 Å². The van der Waals surface area contributed by atoms with Crippen molar-refractivity contribution in [3.63, 3.8) is 0 Å². The number of benzene rings is 1. The lowest BCUT2D eigenvalue weighted by Crippen LogP contribution is -2.03. The van der Waals surface area contributed by atoms with E-state index in [1.165, 1.54) is 11.1 Å². The Morgan fingerprint density at radius 3 is 2.71 bits per heavy atom. The maximum Gasteiger partial charge on any atom is 0.0436 e. The number of rotatable bonds is 1. The van der Waals surface area contributed by atoms with Crippen molar-refractivity contribution in [2.75, 3.05) is 0 Å². The third-order valence-electron chi connectivity index (χ3n) is 2.28. The minimum atomic E-state index is 0.436. The lowest BCUT2D eigenvalue weighted by Gasteiger charge is -2.16. The van der Waals surface area contributed by atoms with Crippen molar-refractivity contribution in [1.29, 1.82) is 0 Å². The molecule has 0 saturated heterocycles. The highest BCUT2D eigenvalue weighted by molar-refractivity contribution is 9.10. The Hall–Kier alpha value is -0.340. The predicted octanol–water partition coefficient (Wildman–Crippen LogP) is 4.56. The maximum absolute atomic E-state index is 3.69. The van der Waals surface area contributed by atoms with E-state index in [0.29, 0.717) is 4.83 Å². The molecule has 72 valence electrons. The van der Waals surface area contributed by atoms with Crippen molar-refractivity contribution in [1.82, 2.24) is 0 Å². The zero-order valence-corrected chi connectivity index (χ0v) is 10.8. The van der Waals surface area contributed by atoms with E-state index in [9.17, 15) is 0 Å². The molecule has 1 aliphatic carbocycles. The van der Waals surface area contributed by atoms with Crippen LogP contribution in [-0.2, 0) is 0 Å². The summed E-state index contributed by atoms with van der Waals surface area (Å²) in [6.45, 7) is 0. The lowest BCUT2D eigenvalue weighted by molar-refractivity contribution is 1.09. The number of hydrogen-bond acceptors (Lipinski definition) is 0. The Bertz CT molecular complexity index is 391. The van der Waals surface area contributed by atoms with Gasteiger partial charge in [-0.3, -0.25) is 0 Å². The molecule has 0 amide bonds. The fraction of sp³-hybridized carbons (Fsp3) is 0.167. The van der Waals surface area contributed by atoms with Gasteiger partial charge in [0.05, 0.1) is 0 Å². The molecular formula is C12H10Br2. The number of allylic oxidation sites excluding steroid dienone is 4. The predicted molar refractivity (Wildman–Crippen MR) is 68.6 cm³/mol. The Morgan fingerprint density at radius 2 is 2.00 bits per heavy atom. The first-order valence-corrected chi connectivity index (χ1v) is 6.25. The first kappa shape index (κ1) is 10.2. The van der Waals surface area contributed by atoms with Crippen LogP contribution in [0.15, 0.2) is 47.0 Å². The number of alkyl halides is 1. The monoisotopic (exact) mass is 312 g/mol. The fourth-order valence-corrected chi connectivity index (χ4v) is 2.68. The van der Waals surface area contributed by atoms with Crippen LogP contribution in [0.4, 0.5) is 0 Å². The van der Waals surface area contributed by atoms with Crippen LogP contribution in [0, 0.1) is 0 Å². The summed E-state index contributed by atoms with van der Waals surface area (Å²) in [5.41, 5.74) is 2.62. The molecule has 1 atom stereocenters. The molecule has 0 aromatic heterocycles. The van der Waals surface area contributed by atoms with Crippen molar-refractivity contribution in [3.05, 3.63) is 52.5 Å². The summed E-state index contributed by atoms with van der Waals surface area (Å²) in [4.78, 5) is 0.436. The molecule has 0 fully saturated rings. The van der Waals surface area contributed by atoms with Crippen molar-refractivity contribution in [3.8, 4) is 0 Å². The summed E-state index contributed by atoms with van der Waals surface area (Å²) in [7, 11) is 0. The molecule has 1 aromatic carbocycles. The van der Waals surface area contributed by atoms with Gasteiger partial charge in [-0.15, -0.1) is 0 Å². The quantitative estimate of drug-likeness (QED) is 0.667. The first-order valence-electron chi connectivity index (χ1n) is 4.55. The van der Waals surface area contributed by atoms with E-state index in [-0.39, 0.29) is 0 Å². The SMILES string of the molecule is Brc1ccccc1C1=CC=CCC1Br. The van der Waals surface area contributed by atoms with E-state index < -0.39 is 0 Å². The molecule has 0 bridgehead atoms. The van der Waals surface area contributed by atoms with Crippen LogP contribution in [0.1, 0.15) is 12.0 Å². The molecule has 0 spiro atoms. The van der Waals surface area contributed by atoms with Crippen molar-refractivity contribution < 1.29 is 0 Å². The van der Waals surface area contributed by atoms with E-state index in [0.717, 1.165) is 10.9 Å². The lowest BCUT2D eigenvalue weighted by atomic mass is 9.97. The summed E-state index contributed by atoms with van der Waals surface area (Å²) in [6, 6.07) is 8.33. The molecule has 1 unspecified atom stereocenters. The Kier molecular flexibility index (Phi) is 3.24. The molecule has 0 aliphatic heterocycles. The van der Waals surface area contributed by atoms with Gasteiger partial charge in [0.25, 0.3) is 0 Å². The molecule has 1 aliphatic rings. The average Bonchev–Trinajstić information content (AvgIpc) is 2.20. The van der Waals surface area contributed by atoms with Crippen molar-refractivity contribution in [2.45, 2.75) is 11.2 Å². The number of halogens is 2. The summed E-state index contributed by atoms with van der Waals surface area (Å²) in [6.07, 6.45) is 7.53. The van der Waals surface area contributed by atoms with Crippen molar-refractivity contribution in [2.24, 2.45) is 0 Å². The van der Waals surface area contributed by atoms with Crippen LogP contribution in [-0.4, -0.2) is 4.83 Å². The topological polar surface area (TPSA) is 0 Å².